The van der Waals surface area contributed by atoms with Gasteiger partial charge in [-0.3, -0.25) is 9.59 Å². The van der Waals surface area contributed by atoms with E-state index in [9.17, 15) is 29.1 Å². The number of carbonyl (C=O) groups is 5. The SMILES string of the molecule is CN(C(=O)N[C@@H](CCC(=O)O)C(=O)O)[C@@H](CCCCNC(=O)c1ccc(N=[N+]=[N-])cc1)C(=O)O. The lowest BCUT2D eigenvalue weighted by Crippen LogP contribution is -2.52. The van der Waals surface area contributed by atoms with Crippen LogP contribution in [0.4, 0.5) is 10.5 Å². The van der Waals surface area contributed by atoms with E-state index in [-0.39, 0.29) is 25.3 Å². The highest BCUT2D eigenvalue weighted by atomic mass is 16.4. The molecule has 0 fully saturated rings. The van der Waals surface area contributed by atoms with Crippen LogP contribution in [0.5, 0.6) is 0 Å². The number of unbranched alkanes of at least 4 members (excludes halogenated alkanes) is 1. The second-order valence-electron chi connectivity index (χ2n) is 7.23. The van der Waals surface area contributed by atoms with Crippen LogP contribution in [0, 0.1) is 0 Å². The Morgan fingerprint density at radius 1 is 1.03 bits per heavy atom. The number of likely N-dealkylation sites (N-methyl/N-ethyl adjacent to an activating group) is 1. The monoisotopic (exact) mass is 478 g/mol. The molecule has 1 aromatic rings. The summed E-state index contributed by atoms with van der Waals surface area (Å²) in [5.74, 6) is -4.31. The van der Waals surface area contributed by atoms with Crippen molar-refractivity contribution in [2.45, 2.75) is 44.2 Å². The van der Waals surface area contributed by atoms with Crippen LogP contribution >= 0.6 is 0 Å². The molecular weight excluding hydrogens is 452 g/mol. The molecular formula is C20H26N6O8. The van der Waals surface area contributed by atoms with Crippen molar-refractivity contribution in [3.63, 3.8) is 0 Å². The molecule has 0 saturated heterocycles. The lowest BCUT2D eigenvalue weighted by atomic mass is 10.1. The smallest absolute Gasteiger partial charge is 0.326 e. The number of rotatable bonds is 14. The van der Waals surface area contributed by atoms with Gasteiger partial charge in [-0.15, -0.1) is 0 Å². The van der Waals surface area contributed by atoms with Gasteiger partial charge in [-0.2, -0.15) is 0 Å². The van der Waals surface area contributed by atoms with Crippen molar-refractivity contribution in [3.8, 4) is 0 Å². The number of carbonyl (C=O) groups excluding carboxylic acids is 2. The second-order valence-corrected chi connectivity index (χ2v) is 7.23. The van der Waals surface area contributed by atoms with Gasteiger partial charge in [0.2, 0.25) is 0 Å². The van der Waals surface area contributed by atoms with Crippen LogP contribution in [0.1, 0.15) is 42.5 Å². The molecule has 0 aliphatic carbocycles. The molecule has 0 saturated carbocycles. The minimum absolute atomic E-state index is 0.0445. The third-order valence-electron chi connectivity index (χ3n) is 4.80. The fraction of sp³-hybridized carbons (Fsp3) is 0.450. The first-order valence-corrected chi connectivity index (χ1v) is 10.2. The fourth-order valence-electron chi connectivity index (χ4n) is 2.90. The Balaban J connectivity index is 2.53. The summed E-state index contributed by atoms with van der Waals surface area (Å²) in [6, 6.07) is 2.28. The molecule has 2 atom stereocenters. The van der Waals surface area contributed by atoms with Crippen LogP contribution in [0.15, 0.2) is 29.4 Å². The normalized spacial score (nSPS) is 11.9. The first-order valence-electron chi connectivity index (χ1n) is 10.2. The highest BCUT2D eigenvalue weighted by Gasteiger charge is 2.29. The van der Waals surface area contributed by atoms with Crippen LogP contribution in [0.3, 0.4) is 0 Å². The largest absolute Gasteiger partial charge is 0.481 e. The Labute approximate surface area is 194 Å². The number of urea groups is 1. The number of azide groups is 1. The molecule has 14 heteroatoms. The van der Waals surface area contributed by atoms with Gasteiger partial charge < -0.3 is 30.9 Å². The van der Waals surface area contributed by atoms with Crippen LogP contribution in [-0.2, 0) is 14.4 Å². The van der Waals surface area contributed by atoms with Crippen LogP contribution in [-0.4, -0.2) is 75.7 Å². The molecule has 0 radical (unpaired) electrons. The van der Waals surface area contributed by atoms with Gasteiger partial charge in [0.15, 0.2) is 0 Å². The minimum atomic E-state index is -1.48. The summed E-state index contributed by atoms with van der Waals surface area (Å²) >= 11 is 0. The van der Waals surface area contributed by atoms with E-state index in [4.69, 9.17) is 15.7 Å². The van der Waals surface area contributed by atoms with Crippen LogP contribution in [0.2, 0.25) is 0 Å². The van der Waals surface area contributed by atoms with Crippen molar-refractivity contribution in [3.05, 3.63) is 40.3 Å². The summed E-state index contributed by atoms with van der Waals surface area (Å²) in [6.07, 6.45) is -0.0317. The number of amides is 3. The summed E-state index contributed by atoms with van der Waals surface area (Å²) < 4.78 is 0. The molecule has 0 bridgehead atoms. The molecule has 0 aromatic heterocycles. The predicted octanol–water partition coefficient (Wildman–Crippen LogP) is 1.94. The first kappa shape index (κ1) is 27.7. The Morgan fingerprint density at radius 2 is 1.68 bits per heavy atom. The lowest BCUT2D eigenvalue weighted by Gasteiger charge is -2.26. The molecule has 0 unspecified atom stereocenters. The molecule has 0 spiro atoms. The van der Waals surface area contributed by atoms with E-state index in [1.54, 1.807) is 0 Å². The first-order chi connectivity index (χ1) is 16.1. The second kappa shape index (κ2) is 14.0. The molecule has 3 amide bonds. The van der Waals surface area contributed by atoms with E-state index in [2.05, 4.69) is 20.7 Å². The number of benzene rings is 1. The third-order valence-corrected chi connectivity index (χ3v) is 4.80. The molecule has 1 rings (SSSR count). The van der Waals surface area contributed by atoms with E-state index < -0.39 is 42.4 Å². The minimum Gasteiger partial charge on any atom is -0.481 e. The Morgan fingerprint density at radius 3 is 2.21 bits per heavy atom. The molecule has 14 nitrogen and oxygen atoms in total. The summed E-state index contributed by atoms with van der Waals surface area (Å²) in [4.78, 5) is 61.4. The van der Waals surface area contributed by atoms with Crippen molar-refractivity contribution in [2.24, 2.45) is 5.11 Å². The molecule has 0 aliphatic heterocycles. The van der Waals surface area contributed by atoms with Gasteiger partial charge in [0.05, 0.1) is 0 Å². The van der Waals surface area contributed by atoms with Crippen molar-refractivity contribution in [1.29, 1.82) is 0 Å². The summed E-state index contributed by atoms with van der Waals surface area (Å²) in [7, 11) is 1.20. The van der Waals surface area contributed by atoms with Gasteiger partial charge in [-0.25, -0.2) is 14.4 Å². The fourth-order valence-corrected chi connectivity index (χ4v) is 2.90. The van der Waals surface area contributed by atoms with Crippen molar-refractivity contribution in [2.75, 3.05) is 13.6 Å². The number of aliphatic carboxylic acids is 3. The van der Waals surface area contributed by atoms with Gasteiger partial charge >= 0.3 is 23.9 Å². The number of nitrogens with one attached hydrogen (secondary N) is 2. The third kappa shape index (κ3) is 9.44. The van der Waals surface area contributed by atoms with E-state index >= 15 is 0 Å². The maximum Gasteiger partial charge on any atom is 0.326 e. The number of hydrogen-bond acceptors (Lipinski definition) is 6. The van der Waals surface area contributed by atoms with Gasteiger partial charge in [-0.1, -0.05) is 17.2 Å². The molecule has 0 heterocycles. The number of hydrogen-bond donors (Lipinski definition) is 5. The van der Waals surface area contributed by atoms with Gasteiger partial charge in [-0.05, 0) is 43.3 Å². The van der Waals surface area contributed by atoms with E-state index in [0.717, 1.165) is 4.90 Å². The molecule has 0 aliphatic rings. The zero-order valence-corrected chi connectivity index (χ0v) is 18.4. The standard InChI is InChI=1S/C20H26N6O8/c1-26(20(34)23-14(18(30)31)9-10-16(27)28)15(19(32)33)4-2-3-11-22-17(29)12-5-7-13(8-6-12)24-25-21/h5-8,14-15H,2-4,9-11H2,1H3,(H,22,29)(H,23,34)(H,27,28)(H,30,31)(H,32,33)/t14-,15-/m0/s1. The molecule has 1 aromatic carbocycles. The number of carboxylic acid groups (broad SMARTS) is 3. The summed E-state index contributed by atoms with van der Waals surface area (Å²) in [6.45, 7) is 0.245. The van der Waals surface area contributed by atoms with E-state index in [0.29, 0.717) is 24.1 Å². The van der Waals surface area contributed by atoms with Crippen LogP contribution < -0.4 is 10.6 Å². The average Bonchev–Trinajstić information content (AvgIpc) is 2.78. The highest BCUT2D eigenvalue weighted by Crippen LogP contribution is 2.13. The quantitative estimate of drug-likeness (QED) is 0.115. The zero-order valence-electron chi connectivity index (χ0n) is 18.4. The summed E-state index contributed by atoms with van der Waals surface area (Å²) in [5.41, 5.74) is 9.10. The number of carboxylic acids is 3. The topological polar surface area (TPSA) is 222 Å². The maximum atomic E-state index is 12.3. The van der Waals surface area contributed by atoms with Crippen LogP contribution in [0.25, 0.3) is 10.4 Å². The average molecular weight is 478 g/mol. The molecule has 184 valence electrons. The Kier molecular flexibility index (Phi) is 11.4. The Bertz CT molecular complexity index is 945. The molecule has 34 heavy (non-hydrogen) atoms. The predicted molar refractivity (Wildman–Crippen MR) is 117 cm³/mol. The van der Waals surface area contributed by atoms with Gasteiger partial charge in [0.1, 0.15) is 12.1 Å². The van der Waals surface area contributed by atoms with E-state index in [1.807, 2.05) is 0 Å². The maximum absolute atomic E-state index is 12.3. The van der Waals surface area contributed by atoms with Crippen molar-refractivity contribution in [1.82, 2.24) is 15.5 Å². The van der Waals surface area contributed by atoms with Crippen molar-refractivity contribution < 1.29 is 39.3 Å². The lowest BCUT2D eigenvalue weighted by molar-refractivity contribution is -0.142. The molecule has 5 N–H and O–H groups in total. The summed E-state index contributed by atoms with van der Waals surface area (Å²) in [5, 5.41) is 35.5. The Hall–Kier alpha value is -4.32. The van der Waals surface area contributed by atoms with Gasteiger partial charge in [0, 0.05) is 36.2 Å². The number of nitrogens with zero attached hydrogens (tertiary/aromatic N) is 4. The van der Waals surface area contributed by atoms with Crippen molar-refractivity contribution >= 4 is 35.5 Å². The van der Waals surface area contributed by atoms with Gasteiger partial charge in [0.25, 0.3) is 5.91 Å². The highest BCUT2D eigenvalue weighted by molar-refractivity contribution is 5.94. The zero-order chi connectivity index (χ0) is 25.7. The van der Waals surface area contributed by atoms with E-state index in [1.165, 1.54) is 31.3 Å².